The summed E-state index contributed by atoms with van der Waals surface area (Å²) in [5.41, 5.74) is 0. The molecule has 2 aliphatic heterocycles. The van der Waals surface area contributed by atoms with Crippen LogP contribution in [0.1, 0.15) is 12.8 Å². The minimum absolute atomic E-state index is 0.0771. The number of carbonyl (C=O) groups excluding carboxylic acids is 2. The number of nitrogens with zero attached hydrogens (tertiary/aromatic N) is 2. The van der Waals surface area contributed by atoms with Crippen LogP contribution in [0.2, 0.25) is 0 Å². The summed E-state index contributed by atoms with van der Waals surface area (Å²) >= 11 is 5.24. The van der Waals surface area contributed by atoms with Crippen molar-refractivity contribution in [1.29, 1.82) is 0 Å². The molecule has 0 aromatic heterocycles. The van der Waals surface area contributed by atoms with Gasteiger partial charge in [-0.3, -0.25) is 4.79 Å². The molecule has 0 unspecified atom stereocenters. The van der Waals surface area contributed by atoms with Crippen LogP contribution in [0, 0.1) is 0 Å². The number of ether oxygens (including phenoxy) is 2. The molecule has 0 aromatic carbocycles. The van der Waals surface area contributed by atoms with Gasteiger partial charge in [0.1, 0.15) is 13.2 Å². The van der Waals surface area contributed by atoms with Crippen molar-refractivity contribution in [3.8, 4) is 0 Å². The number of hydrogen-bond acceptors (Lipinski definition) is 5. The van der Waals surface area contributed by atoms with Crippen molar-refractivity contribution in [2.24, 2.45) is 0 Å². The van der Waals surface area contributed by atoms with E-state index in [0.717, 1.165) is 25.9 Å². The number of cyclic esters (lactones) is 1. The van der Waals surface area contributed by atoms with Crippen LogP contribution >= 0.6 is 12.2 Å². The fraction of sp³-hybridized carbons (Fsp3) is 0.750. The Balaban J connectivity index is 1.74. The van der Waals surface area contributed by atoms with Gasteiger partial charge < -0.3 is 24.6 Å². The summed E-state index contributed by atoms with van der Waals surface area (Å²) in [5, 5.41) is 3.43. The molecule has 1 N–H and O–H groups in total. The third kappa shape index (κ3) is 3.50. The zero-order valence-electron chi connectivity index (χ0n) is 11.5. The zero-order chi connectivity index (χ0) is 14.5. The molecule has 8 heteroatoms. The average molecular weight is 301 g/mol. The molecule has 2 heterocycles. The molecular weight excluding hydrogens is 282 g/mol. The van der Waals surface area contributed by atoms with E-state index >= 15 is 0 Å². The number of methoxy groups -OCH3 is 1. The second-order valence-electron chi connectivity index (χ2n) is 4.76. The summed E-state index contributed by atoms with van der Waals surface area (Å²) in [4.78, 5) is 26.3. The molecule has 0 saturated carbocycles. The van der Waals surface area contributed by atoms with Crippen molar-refractivity contribution in [3.63, 3.8) is 0 Å². The van der Waals surface area contributed by atoms with Gasteiger partial charge in [-0.15, -0.1) is 0 Å². The number of carbonyl (C=O) groups is 2. The summed E-state index contributed by atoms with van der Waals surface area (Å²) in [6.07, 6.45) is 1.50. The number of nitrogens with one attached hydrogen (secondary N) is 1. The number of amides is 1. The summed E-state index contributed by atoms with van der Waals surface area (Å²) < 4.78 is 9.50. The molecule has 0 aromatic rings. The summed E-state index contributed by atoms with van der Waals surface area (Å²) in [5.74, 6) is -0.345. The minimum atomic E-state index is -0.345. The molecule has 0 radical (unpaired) electrons. The number of rotatable bonds is 3. The summed E-state index contributed by atoms with van der Waals surface area (Å²) in [6.45, 7) is 2.77. The molecular formula is C12H19N3O4S. The van der Waals surface area contributed by atoms with Gasteiger partial charge in [0.25, 0.3) is 0 Å². The minimum Gasteiger partial charge on any atom is -0.468 e. The van der Waals surface area contributed by atoms with Gasteiger partial charge in [0.2, 0.25) is 0 Å². The van der Waals surface area contributed by atoms with Crippen LogP contribution in [0.15, 0.2) is 0 Å². The van der Waals surface area contributed by atoms with E-state index in [1.54, 1.807) is 4.90 Å². The highest BCUT2D eigenvalue weighted by Crippen LogP contribution is 2.19. The Kier molecular flexibility index (Phi) is 4.99. The average Bonchev–Trinajstić information content (AvgIpc) is 2.90. The monoisotopic (exact) mass is 301 g/mol. The van der Waals surface area contributed by atoms with Crippen LogP contribution in [0.3, 0.4) is 0 Å². The Morgan fingerprint density at radius 2 is 2.15 bits per heavy atom. The van der Waals surface area contributed by atoms with Gasteiger partial charge >= 0.3 is 12.1 Å². The van der Waals surface area contributed by atoms with Crippen molar-refractivity contribution < 1.29 is 19.1 Å². The quantitative estimate of drug-likeness (QED) is 0.579. The predicted molar refractivity (Wildman–Crippen MR) is 75.3 cm³/mol. The Bertz CT molecular complexity index is 396. The second kappa shape index (κ2) is 6.74. The van der Waals surface area contributed by atoms with Crippen molar-refractivity contribution in [2.75, 3.05) is 39.9 Å². The number of esters is 1. The lowest BCUT2D eigenvalue weighted by atomic mass is 10.0. The van der Waals surface area contributed by atoms with E-state index in [-0.39, 0.29) is 24.6 Å². The van der Waals surface area contributed by atoms with E-state index < -0.39 is 0 Å². The molecule has 112 valence electrons. The molecule has 1 amide bonds. The molecule has 2 rings (SSSR count). The maximum absolute atomic E-state index is 11.5. The first-order chi connectivity index (χ1) is 9.61. The van der Waals surface area contributed by atoms with Crippen LogP contribution in [0.5, 0.6) is 0 Å². The normalized spacial score (nSPS) is 19.8. The third-order valence-electron chi connectivity index (χ3n) is 3.60. The van der Waals surface area contributed by atoms with Gasteiger partial charge in [0.15, 0.2) is 5.11 Å². The fourth-order valence-electron chi connectivity index (χ4n) is 2.45. The van der Waals surface area contributed by atoms with E-state index in [1.165, 1.54) is 7.11 Å². The number of thiocarbonyl (C=S) groups is 1. The van der Waals surface area contributed by atoms with Crippen molar-refractivity contribution in [3.05, 3.63) is 0 Å². The van der Waals surface area contributed by atoms with Gasteiger partial charge in [0.05, 0.1) is 13.7 Å². The SMILES string of the molecule is COC(=O)CNC(=S)N1CCC(N2CCOC2=O)CC1. The molecule has 0 bridgehead atoms. The van der Waals surface area contributed by atoms with E-state index in [0.29, 0.717) is 18.3 Å². The smallest absolute Gasteiger partial charge is 0.410 e. The van der Waals surface area contributed by atoms with Gasteiger partial charge in [-0.25, -0.2) is 4.79 Å². The first kappa shape index (κ1) is 14.8. The van der Waals surface area contributed by atoms with E-state index in [9.17, 15) is 9.59 Å². The molecule has 20 heavy (non-hydrogen) atoms. The standard InChI is InChI=1S/C12H19N3O4S/c1-18-10(16)8-13-11(20)14-4-2-9(3-5-14)15-6-7-19-12(15)17/h9H,2-8H2,1H3,(H,13,20). The number of likely N-dealkylation sites (tertiary alicyclic amines) is 1. The highest BCUT2D eigenvalue weighted by molar-refractivity contribution is 7.80. The highest BCUT2D eigenvalue weighted by Gasteiger charge is 2.32. The van der Waals surface area contributed by atoms with E-state index in [4.69, 9.17) is 17.0 Å². The van der Waals surface area contributed by atoms with E-state index in [2.05, 4.69) is 10.1 Å². The van der Waals surface area contributed by atoms with Gasteiger partial charge in [-0.1, -0.05) is 0 Å². The fourth-order valence-corrected chi connectivity index (χ4v) is 2.70. The molecule has 2 fully saturated rings. The lowest BCUT2D eigenvalue weighted by Crippen LogP contribution is -2.50. The van der Waals surface area contributed by atoms with Crippen molar-refractivity contribution in [1.82, 2.24) is 15.1 Å². The summed E-state index contributed by atoms with van der Waals surface area (Å²) in [7, 11) is 1.34. The molecule has 7 nitrogen and oxygen atoms in total. The first-order valence-electron chi connectivity index (χ1n) is 6.65. The summed E-state index contributed by atoms with van der Waals surface area (Å²) in [6, 6.07) is 0.227. The maximum atomic E-state index is 11.5. The Hall–Kier alpha value is -1.57. The Labute approximate surface area is 123 Å². The lowest BCUT2D eigenvalue weighted by molar-refractivity contribution is -0.139. The Morgan fingerprint density at radius 3 is 2.70 bits per heavy atom. The molecule has 0 atom stereocenters. The molecule has 0 aliphatic carbocycles. The van der Waals surface area contributed by atoms with Crippen LogP contribution in [0.4, 0.5) is 4.79 Å². The molecule has 0 spiro atoms. The highest BCUT2D eigenvalue weighted by atomic mass is 32.1. The van der Waals surface area contributed by atoms with Gasteiger partial charge in [-0.2, -0.15) is 0 Å². The predicted octanol–water partition coefficient (Wildman–Crippen LogP) is -0.0495. The van der Waals surface area contributed by atoms with Crippen LogP contribution < -0.4 is 5.32 Å². The third-order valence-corrected chi connectivity index (χ3v) is 4.00. The van der Waals surface area contributed by atoms with Crippen molar-refractivity contribution >= 4 is 29.4 Å². The van der Waals surface area contributed by atoms with Crippen molar-refractivity contribution in [2.45, 2.75) is 18.9 Å². The second-order valence-corrected chi connectivity index (χ2v) is 5.15. The van der Waals surface area contributed by atoms with Gasteiger partial charge in [-0.05, 0) is 25.1 Å². The lowest BCUT2D eigenvalue weighted by Gasteiger charge is -2.36. The number of hydrogen-bond donors (Lipinski definition) is 1. The molecule has 2 saturated heterocycles. The van der Waals surface area contributed by atoms with Crippen LogP contribution in [0.25, 0.3) is 0 Å². The van der Waals surface area contributed by atoms with E-state index in [1.807, 2.05) is 4.90 Å². The number of piperidine rings is 1. The van der Waals surface area contributed by atoms with Gasteiger partial charge in [0, 0.05) is 19.1 Å². The zero-order valence-corrected chi connectivity index (χ0v) is 12.3. The topological polar surface area (TPSA) is 71.1 Å². The van der Waals surface area contributed by atoms with Crippen LogP contribution in [-0.2, 0) is 14.3 Å². The molecule has 2 aliphatic rings. The largest absolute Gasteiger partial charge is 0.468 e. The Morgan fingerprint density at radius 1 is 1.45 bits per heavy atom. The van der Waals surface area contributed by atoms with Crippen LogP contribution in [-0.4, -0.2) is 72.9 Å². The maximum Gasteiger partial charge on any atom is 0.410 e. The first-order valence-corrected chi connectivity index (χ1v) is 7.05.